The monoisotopic (exact) mass is 342 g/mol. The molecular weight excluding hydrogens is 320 g/mol. The predicted octanol–water partition coefficient (Wildman–Crippen LogP) is 4.49. The lowest BCUT2D eigenvalue weighted by molar-refractivity contribution is 0.0926. The van der Waals surface area contributed by atoms with E-state index in [2.05, 4.69) is 65.7 Å². The fraction of sp³-hybridized carbons (Fsp3) is 0.174. The number of hydrogen-bond donors (Lipinski definition) is 1. The van der Waals surface area contributed by atoms with Gasteiger partial charge >= 0.3 is 0 Å². The summed E-state index contributed by atoms with van der Waals surface area (Å²) in [5, 5.41) is 3.18. The number of aryl methyl sites for hydroxylation is 1. The molecule has 130 valence electrons. The van der Waals surface area contributed by atoms with Crippen molar-refractivity contribution in [3.05, 3.63) is 101 Å². The second-order valence-corrected chi connectivity index (χ2v) is 6.73. The first-order valence-electron chi connectivity index (χ1n) is 8.99. The molecule has 1 aliphatic heterocycles. The highest BCUT2D eigenvalue weighted by atomic mass is 16.2. The highest BCUT2D eigenvalue weighted by Crippen LogP contribution is 2.33. The first-order chi connectivity index (χ1) is 12.7. The van der Waals surface area contributed by atoms with Gasteiger partial charge in [-0.3, -0.25) is 4.79 Å². The molecule has 1 N–H and O–H groups in total. The largest absolute Gasteiger partial charge is 0.346 e. The van der Waals surface area contributed by atoms with E-state index in [1.807, 2.05) is 30.3 Å². The van der Waals surface area contributed by atoms with Gasteiger partial charge in [0.2, 0.25) is 0 Å². The van der Waals surface area contributed by atoms with Crippen molar-refractivity contribution in [2.45, 2.75) is 19.5 Å². The Bertz CT molecular complexity index is 903. The van der Waals surface area contributed by atoms with Crippen LogP contribution in [0.2, 0.25) is 0 Å². The second kappa shape index (κ2) is 7.04. The van der Waals surface area contributed by atoms with Crippen molar-refractivity contribution in [3.63, 3.8) is 0 Å². The number of nitrogens with one attached hydrogen (secondary N) is 1. The number of fused-ring (bicyclic) bond motifs is 1. The van der Waals surface area contributed by atoms with Crippen molar-refractivity contribution in [1.29, 1.82) is 0 Å². The molecule has 0 aromatic heterocycles. The minimum Gasteiger partial charge on any atom is -0.346 e. The van der Waals surface area contributed by atoms with Gasteiger partial charge in [0.25, 0.3) is 5.91 Å². The average Bonchev–Trinajstić information content (AvgIpc) is 2.69. The van der Waals surface area contributed by atoms with Gasteiger partial charge in [0.1, 0.15) is 6.17 Å². The predicted molar refractivity (Wildman–Crippen MR) is 105 cm³/mol. The number of benzene rings is 3. The summed E-state index contributed by atoms with van der Waals surface area (Å²) in [6, 6.07) is 26.7. The molecule has 0 bridgehead atoms. The molecule has 0 radical (unpaired) electrons. The molecule has 3 aromatic rings. The van der Waals surface area contributed by atoms with E-state index in [0.29, 0.717) is 0 Å². The van der Waals surface area contributed by atoms with Gasteiger partial charge in [-0.25, -0.2) is 0 Å². The zero-order chi connectivity index (χ0) is 17.9. The Morgan fingerprint density at radius 2 is 1.58 bits per heavy atom. The third-order valence-corrected chi connectivity index (χ3v) is 4.91. The summed E-state index contributed by atoms with van der Waals surface area (Å²) in [4.78, 5) is 14.9. The van der Waals surface area contributed by atoms with Gasteiger partial charge in [-0.1, -0.05) is 72.3 Å². The van der Waals surface area contributed by atoms with E-state index in [-0.39, 0.29) is 12.1 Å². The van der Waals surface area contributed by atoms with Crippen LogP contribution < -0.4 is 10.2 Å². The van der Waals surface area contributed by atoms with Crippen LogP contribution in [-0.2, 0) is 6.42 Å². The maximum absolute atomic E-state index is 12.6. The normalized spacial score (nSPS) is 16.1. The molecule has 0 aliphatic carbocycles. The van der Waals surface area contributed by atoms with E-state index >= 15 is 0 Å². The zero-order valence-corrected chi connectivity index (χ0v) is 14.9. The number of para-hydroxylation sites is 1. The molecule has 0 saturated heterocycles. The van der Waals surface area contributed by atoms with Gasteiger partial charge in [0, 0.05) is 6.54 Å². The quantitative estimate of drug-likeness (QED) is 0.758. The number of hydrogen-bond acceptors (Lipinski definition) is 2. The third kappa shape index (κ3) is 3.21. The van der Waals surface area contributed by atoms with Gasteiger partial charge < -0.3 is 10.2 Å². The SMILES string of the molecule is Cc1ccc(C2NC(=O)c3ccccc3N2CCc2ccccc2)cc1. The Balaban J connectivity index is 1.69. The molecule has 3 aromatic carbocycles. The van der Waals surface area contributed by atoms with Gasteiger partial charge in [0.15, 0.2) is 0 Å². The standard InChI is InChI=1S/C23H22N2O/c1-17-11-13-19(14-12-17)22-24-23(26)20-9-5-6-10-21(20)25(22)16-15-18-7-3-2-4-8-18/h2-14,22H,15-16H2,1H3,(H,24,26). The van der Waals surface area contributed by atoms with Gasteiger partial charge in [0.05, 0.1) is 11.3 Å². The summed E-state index contributed by atoms with van der Waals surface area (Å²) in [5.74, 6) is -0.0119. The van der Waals surface area contributed by atoms with E-state index in [1.54, 1.807) is 0 Å². The van der Waals surface area contributed by atoms with Crippen LogP contribution in [0.15, 0.2) is 78.9 Å². The van der Waals surface area contributed by atoms with E-state index in [1.165, 1.54) is 11.1 Å². The number of amides is 1. The minimum atomic E-state index is -0.151. The smallest absolute Gasteiger partial charge is 0.255 e. The van der Waals surface area contributed by atoms with E-state index < -0.39 is 0 Å². The maximum Gasteiger partial charge on any atom is 0.255 e. The molecule has 4 rings (SSSR count). The van der Waals surface area contributed by atoms with Crippen molar-refractivity contribution in [2.24, 2.45) is 0 Å². The fourth-order valence-corrected chi connectivity index (χ4v) is 3.49. The Morgan fingerprint density at radius 1 is 0.885 bits per heavy atom. The molecule has 0 spiro atoms. The number of nitrogens with zero attached hydrogens (tertiary/aromatic N) is 1. The highest BCUT2D eigenvalue weighted by Gasteiger charge is 2.31. The minimum absolute atomic E-state index is 0.0119. The fourth-order valence-electron chi connectivity index (χ4n) is 3.49. The number of carbonyl (C=O) groups excluding carboxylic acids is 1. The van der Waals surface area contributed by atoms with Crippen molar-refractivity contribution in [2.75, 3.05) is 11.4 Å². The Hall–Kier alpha value is -3.07. The van der Waals surface area contributed by atoms with E-state index in [9.17, 15) is 4.79 Å². The maximum atomic E-state index is 12.6. The van der Waals surface area contributed by atoms with Crippen LogP contribution >= 0.6 is 0 Å². The van der Waals surface area contributed by atoms with Crippen molar-refractivity contribution < 1.29 is 4.79 Å². The topological polar surface area (TPSA) is 32.3 Å². The summed E-state index contributed by atoms with van der Waals surface area (Å²) in [6.45, 7) is 2.91. The molecular formula is C23H22N2O. The molecule has 3 nitrogen and oxygen atoms in total. The average molecular weight is 342 g/mol. The summed E-state index contributed by atoms with van der Waals surface area (Å²) in [7, 11) is 0. The Kier molecular flexibility index (Phi) is 4.44. The van der Waals surface area contributed by atoms with Crippen LogP contribution in [0, 0.1) is 6.92 Å². The van der Waals surface area contributed by atoms with Crippen LogP contribution in [0.3, 0.4) is 0 Å². The van der Waals surface area contributed by atoms with Crippen molar-refractivity contribution >= 4 is 11.6 Å². The lowest BCUT2D eigenvalue weighted by Gasteiger charge is -2.39. The van der Waals surface area contributed by atoms with Crippen LogP contribution in [0.1, 0.15) is 33.2 Å². The van der Waals surface area contributed by atoms with Crippen LogP contribution in [0.4, 0.5) is 5.69 Å². The van der Waals surface area contributed by atoms with Gasteiger partial charge in [-0.15, -0.1) is 0 Å². The molecule has 1 amide bonds. The molecule has 1 unspecified atom stereocenters. The van der Waals surface area contributed by atoms with Crippen molar-refractivity contribution in [1.82, 2.24) is 5.32 Å². The molecule has 1 atom stereocenters. The third-order valence-electron chi connectivity index (χ3n) is 4.91. The lowest BCUT2D eigenvalue weighted by Crippen LogP contribution is -2.47. The molecule has 1 aliphatic rings. The van der Waals surface area contributed by atoms with Crippen molar-refractivity contribution in [3.8, 4) is 0 Å². The first-order valence-corrected chi connectivity index (χ1v) is 8.99. The van der Waals surface area contributed by atoms with E-state index in [4.69, 9.17) is 0 Å². The number of anilines is 1. The lowest BCUT2D eigenvalue weighted by atomic mass is 10.0. The van der Waals surface area contributed by atoms with Crippen LogP contribution in [-0.4, -0.2) is 12.5 Å². The Labute approximate surface area is 154 Å². The van der Waals surface area contributed by atoms with E-state index in [0.717, 1.165) is 29.8 Å². The second-order valence-electron chi connectivity index (χ2n) is 6.73. The summed E-state index contributed by atoms with van der Waals surface area (Å²) >= 11 is 0. The van der Waals surface area contributed by atoms with Crippen LogP contribution in [0.25, 0.3) is 0 Å². The van der Waals surface area contributed by atoms with Gasteiger partial charge in [-0.2, -0.15) is 0 Å². The summed E-state index contributed by atoms with van der Waals surface area (Å²) in [5.41, 5.74) is 5.35. The summed E-state index contributed by atoms with van der Waals surface area (Å²) < 4.78 is 0. The molecule has 1 heterocycles. The molecule has 26 heavy (non-hydrogen) atoms. The summed E-state index contributed by atoms with van der Waals surface area (Å²) in [6.07, 6.45) is 0.773. The molecule has 0 fully saturated rings. The zero-order valence-electron chi connectivity index (χ0n) is 14.9. The number of carbonyl (C=O) groups is 1. The van der Waals surface area contributed by atoms with Gasteiger partial charge in [-0.05, 0) is 36.6 Å². The first kappa shape index (κ1) is 16.4. The Morgan fingerprint density at radius 3 is 2.35 bits per heavy atom. The van der Waals surface area contributed by atoms with Crippen LogP contribution in [0.5, 0.6) is 0 Å². The molecule has 0 saturated carbocycles. The highest BCUT2D eigenvalue weighted by molar-refractivity contribution is 6.02. The molecule has 3 heteroatoms. The number of rotatable bonds is 4.